The molecule has 2 fully saturated rings. The number of nitrogens with zero attached hydrogens (tertiary/aromatic N) is 3. The third kappa shape index (κ3) is 5.70. The topological polar surface area (TPSA) is 91.8 Å². The normalized spacial score (nSPS) is 21.4. The minimum Gasteiger partial charge on any atom is -0.370 e. The Bertz CT molecular complexity index is 938. The Kier molecular flexibility index (Phi) is 7.11. The van der Waals surface area contributed by atoms with Gasteiger partial charge >= 0.3 is 0 Å². The van der Waals surface area contributed by atoms with E-state index in [1.807, 2.05) is 42.5 Å². The fourth-order valence-electron chi connectivity index (χ4n) is 4.11. The van der Waals surface area contributed by atoms with Crippen LogP contribution in [0.3, 0.4) is 0 Å². The quantitative estimate of drug-likeness (QED) is 0.700. The monoisotopic (exact) mass is 436 g/mol. The molecule has 168 valence electrons. The van der Waals surface area contributed by atoms with Crippen LogP contribution in [0.5, 0.6) is 0 Å². The van der Waals surface area contributed by atoms with Crippen molar-refractivity contribution < 1.29 is 19.1 Å². The van der Waals surface area contributed by atoms with Gasteiger partial charge in [0.05, 0.1) is 25.2 Å². The van der Waals surface area contributed by atoms with E-state index in [9.17, 15) is 14.4 Å². The minimum absolute atomic E-state index is 0.00737. The van der Waals surface area contributed by atoms with Gasteiger partial charge in [0.25, 0.3) is 0 Å². The van der Waals surface area contributed by atoms with Crippen LogP contribution in [0.4, 0.5) is 0 Å². The highest BCUT2D eigenvalue weighted by Crippen LogP contribution is 2.18. The molecule has 2 atom stereocenters. The fraction of sp³-hybridized carbons (Fsp3) is 0.417. The lowest BCUT2D eigenvalue weighted by Crippen LogP contribution is -2.43. The average molecular weight is 437 g/mol. The van der Waals surface area contributed by atoms with Gasteiger partial charge in [-0.25, -0.2) is 0 Å². The molecule has 3 amide bonds. The average Bonchev–Trinajstić information content (AvgIpc) is 3.19. The van der Waals surface area contributed by atoms with E-state index in [0.29, 0.717) is 32.8 Å². The maximum absolute atomic E-state index is 13.0. The molecule has 3 heterocycles. The van der Waals surface area contributed by atoms with Crippen LogP contribution in [0, 0.1) is 5.92 Å². The number of nitrogens with one attached hydrogen (secondary N) is 1. The Morgan fingerprint density at radius 2 is 1.84 bits per heavy atom. The zero-order valence-corrected chi connectivity index (χ0v) is 18.0. The summed E-state index contributed by atoms with van der Waals surface area (Å²) in [6, 6.07) is 13.8. The van der Waals surface area contributed by atoms with E-state index in [0.717, 1.165) is 17.5 Å². The minimum atomic E-state index is -0.424. The van der Waals surface area contributed by atoms with Crippen molar-refractivity contribution in [2.75, 3.05) is 32.7 Å². The lowest BCUT2D eigenvalue weighted by atomic mass is 10.1. The Morgan fingerprint density at radius 3 is 2.56 bits per heavy atom. The van der Waals surface area contributed by atoms with Crippen molar-refractivity contribution in [2.45, 2.75) is 25.6 Å². The number of carbonyl (C=O) groups excluding carboxylic acids is 3. The lowest BCUT2D eigenvalue weighted by molar-refractivity contribution is -0.141. The van der Waals surface area contributed by atoms with Crippen molar-refractivity contribution in [1.29, 1.82) is 0 Å². The first-order chi connectivity index (χ1) is 15.6. The molecule has 0 spiro atoms. The molecular formula is C24H28N4O4. The number of ether oxygens (including phenoxy) is 1. The van der Waals surface area contributed by atoms with E-state index in [2.05, 4.69) is 10.3 Å². The molecule has 1 aromatic carbocycles. The third-order valence-corrected chi connectivity index (χ3v) is 5.91. The molecule has 0 radical (unpaired) electrons. The molecule has 4 rings (SSSR count). The second-order valence-electron chi connectivity index (χ2n) is 8.29. The zero-order valence-electron chi connectivity index (χ0n) is 18.0. The Hall–Kier alpha value is -3.26. The van der Waals surface area contributed by atoms with E-state index in [-0.39, 0.29) is 36.8 Å². The predicted octanol–water partition coefficient (Wildman–Crippen LogP) is 1.02. The molecule has 2 aliphatic rings. The van der Waals surface area contributed by atoms with Gasteiger partial charge in [-0.15, -0.1) is 0 Å². The molecule has 0 saturated carbocycles. The van der Waals surface area contributed by atoms with Crippen LogP contribution in [-0.2, 0) is 32.1 Å². The SMILES string of the molecule is O=C1CC(C(=O)N2CC(=O)N(CCc3ccccc3)CC(OCc3ccncc3)C2)CN1. The molecule has 2 saturated heterocycles. The maximum Gasteiger partial charge on any atom is 0.242 e. The molecule has 0 aliphatic carbocycles. The van der Waals surface area contributed by atoms with Gasteiger partial charge in [0.1, 0.15) is 0 Å². The molecular weight excluding hydrogens is 408 g/mol. The van der Waals surface area contributed by atoms with Crippen LogP contribution in [0.25, 0.3) is 0 Å². The summed E-state index contributed by atoms with van der Waals surface area (Å²) < 4.78 is 6.15. The van der Waals surface area contributed by atoms with Crippen LogP contribution in [0.2, 0.25) is 0 Å². The highest BCUT2D eigenvalue weighted by atomic mass is 16.5. The van der Waals surface area contributed by atoms with Gasteiger partial charge in [0.15, 0.2) is 0 Å². The molecule has 2 aliphatic heterocycles. The Balaban J connectivity index is 1.45. The molecule has 8 heteroatoms. The van der Waals surface area contributed by atoms with E-state index in [1.165, 1.54) is 0 Å². The predicted molar refractivity (Wildman–Crippen MR) is 117 cm³/mol. The van der Waals surface area contributed by atoms with Gasteiger partial charge in [-0.1, -0.05) is 30.3 Å². The van der Waals surface area contributed by atoms with Crippen molar-refractivity contribution in [3.63, 3.8) is 0 Å². The maximum atomic E-state index is 13.0. The van der Waals surface area contributed by atoms with Gasteiger partial charge in [0, 0.05) is 45.0 Å². The van der Waals surface area contributed by atoms with E-state index in [1.54, 1.807) is 22.2 Å². The van der Waals surface area contributed by atoms with Crippen LogP contribution in [0.1, 0.15) is 17.5 Å². The number of pyridine rings is 1. The van der Waals surface area contributed by atoms with Gasteiger partial charge in [0.2, 0.25) is 17.7 Å². The summed E-state index contributed by atoms with van der Waals surface area (Å²) in [5, 5.41) is 2.70. The molecule has 1 aromatic heterocycles. The first-order valence-electron chi connectivity index (χ1n) is 11.0. The summed E-state index contributed by atoms with van der Waals surface area (Å²) in [7, 11) is 0. The first-order valence-corrected chi connectivity index (χ1v) is 11.0. The largest absolute Gasteiger partial charge is 0.370 e. The number of hydrogen-bond acceptors (Lipinski definition) is 5. The van der Waals surface area contributed by atoms with Crippen molar-refractivity contribution in [3.8, 4) is 0 Å². The number of rotatable bonds is 7. The second kappa shape index (κ2) is 10.4. The van der Waals surface area contributed by atoms with E-state index in [4.69, 9.17) is 4.74 Å². The van der Waals surface area contributed by atoms with Gasteiger partial charge in [-0.2, -0.15) is 0 Å². The molecule has 0 bridgehead atoms. The second-order valence-corrected chi connectivity index (χ2v) is 8.29. The molecule has 32 heavy (non-hydrogen) atoms. The summed E-state index contributed by atoms with van der Waals surface area (Å²) in [5.41, 5.74) is 2.14. The highest BCUT2D eigenvalue weighted by Gasteiger charge is 2.36. The van der Waals surface area contributed by atoms with E-state index < -0.39 is 5.92 Å². The first kappa shape index (κ1) is 22.0. The molecule has 2 aromatic rings. The van der Waals surface area contributed by atoms with Crippen molar-refractivity contribution >= 4 is 17.7 Å². The third-order valence-electron chi connectivity index (χ3n) is 5.91. The number of hydrogen-bond donors (Lipinski definition) is 1. The van der Waals surface area contributed by atoms with Gasteiger partial charge < -0.3 is 19.9 Å². The summed E-state index contributed by atoms with van der Waals surface area (Å²) in [5.74, 6) is -0.813. The standard InChI is InChI=1S/C24H28N4O4/c29-22-12-20(13-26-22)24(31)28-15-21(32-17-19-6-9-25-10-7-19)14-27(23(30)16-28)11-8-18-4-2-1-3-5-18/h1-7,9-10,20-21H,8,11-17H2,(H,26,29). The van der Waals surface area contributed by atoms with Gasteiger partial charge in [-0.3, -0.25) is 19.4 Å². The summed E-state index contributed by atoms with van der Waals surface area (Å²) >= 11 is 0. The van der Waals surface area contributed by atoms with Gasteiger partial charge in [-0.05, 0) is 29.7 Å². The molecule has 8 nitrogen and oxygen atoms in total. The summed E-state index contributed by atoms with van der Waals surface area (Å²) in [6.07, 6.45) is 4.00. The van der Waals surface area contributed by atoms with Crippen LogP contribution in [0.15, 0.2) is 54.9 Å². The zero-order chi connectivity index (χ0) is 22.3. The van der Waals surface area contributed by atoms with Crippen molar-refractivity contribution in [1.82, 2.24) is 20.1 Å². The lowest BCUT2D eigenvalue weighted by Gasteiger charge is -2.26. The summed E-state index contributed by atoms with van der Waals surface area (Å²) in [6.45, 7) is 2.00. The molecule has 2 unspecified atom stereocenters. The van der Waals surface area contributed by atoms with Crippen molar-refractivity contribution in [3.05, 3.63) is 66.0 Å². The number of carbonyl (C=O) groups is 3. The van der Waals surface area contributed by atoms with Crippen LogP contribution >= 0.6 is 0 Å². The number of benzene rings is 1. The highest BCUT2D eigenvalue weighted by molar-refractivity contribution is 5.91. The summed E-state index contributed by atoms with van der Waals surface area (Å²) in [4.78, 5) is 45.0. The van der Waals surface area contributed by atoms with Crippen LogP contribution < -0.4 is 5.32 Å². The van der Waals surface area contributed by atoms with Crippen molar-refractivity contribution in [2.24, 2.45) is 5.92 Å². The fourth-order valence-corrected chi connectivity index (χ4v) is 4.11. The molecule has 1 N–H and O–H groups in total. The number of amides is 3. The Morgan fingerprint density at radius 1 is 1.06 bits per heavy atom. The smallest absolute Gasteiger partial charge is 0.242 e. The Labute approximate surface area is 187 Å². The van der Waals surface area contributed by atoms with E-state index >= 15 is 0 Å². The van der Waals surface area contributed by atoms with Crippen LogP contribution in [-0.4, -0.2) is 71.3 Å². The number of aromatic nitrogens is 1.